The van der Waals surface area contributed by atoms with E-state index in [1.165, 1.54) is 0 Å². The van der Waals surface area contributed by atoms with E-state index in [-0.39, 0.29) is 5.41 Å². The molecule has 0 aromatic carbocycles. The van der Waals surface area contributed by atoms with Crippen LogP contribution in [0.1, 0.15) is 31.5 Å². The summed E-state index contributed by atoms with van der Waals surface area (Å²) >= 11 is 1.63. The predicted molar refractivity (Wildman–Crippen MR) is 48.7 cm³/mol. The molecule has 1 aromatic rings. The number of hydrogen-bond donors (Lipinski definition) is 0. The van der Waals surface area contributed by atoms with Crippen LogP contribution in [0.25, 0.3) is 0 Å². The Morgan fingerprint density at radius 2 is 2.18 bits per heavy atom. The first kappa shape index (κ1) is 8.29. The molecule has 0 spiro atoms. The molecule has 0 aliphatic heterocycles. The molecule has 1 rings (SSSR count). The van der Waals surface area contributed by atoms with Crippen LogP contribution in [-0.4, -0.2) is 4.98 Å². The molecule has 11 heavy (non-hydrogen) atoms. The molecule has 0 fully saturated rings. The maximum Gasteiger partial charge on any atom is 0.124 e. The maximum absolute atomic E-state index is 5.20. The molecule has 58 valence electrons. The van der Waals surface area contributed by atoms with Crippen molar-refractivity contribution in [2.75, 3.05) is 0 Å². The van der Waals surface area contributed by atoms with Crippen LogP contribution in [0.2, 0.25) is 0 Å². The van der Waals surface area contributed by atoms with Crippen molar-refractivity contribution in [2.24, 2.45) is 0 Å². The van der Waals surface area contributed by atoms with Gasteiger partial charge in [-0.2, -0.15) is 0 Å². The lowest BCUT2D eigenvalue weighted by Crippen LogP contribution is -2.10. The molecule has 1 heterocycles. The summed E-state index contributed by atoms with van der Waals surface area (Å²) in [5.74, 6) is 2.52. The quantitative estimate of drug-likeness (QED) is 0.538. The lowest BCUT2D eigenvalue weighted by Gasteiger charge is -2.13. The third-order valence-corrected chi connectivity index (χ3v) is 2.56. The average Bonchev–Trinajstić information content (AvgIpc) is 2.32. The molecule has 1 nitrogen and oxygen atoms in total. The van der Waals surface area contributed by atoms with Gasteiger partial charge in [0.2, 0.25) is 0 Å². The summed E-state index contributed by atoms with van der Waals surface area (Å²) < 4.78 is 0. The molecule has 0 unspecified atom stereocenters. The Hall–Kier alpha value is -0.810. The van der Waals surface area contributed by atoms with E-state index in [0.717, 1.165) is 10.7 Å². The van der Waals surface area contributed by atoms with E-state index >= 15 is 0 Å². The van der Waals surface area contributed by atoms with Gasteiger partial charge < -0.3 is 0 Å². The molecule has 0 N–H and O–H groups in total. The molecule has 1 aromatic heterocycles. The van der Waals surface area contributed by atoms with E-state index in [2.05, 4.69) is 31.7 Å². The fraction of sp³-hybridized carbons (Fsp3) is 0.444. The van der Waals surface area contributed by atoms with Gasteiger partial charge in [0, 0.05) is 10.8 Å². The first-order valence-corrected chi connectivity index (χ1v) is 4.34. The number of hydrogen-bond acceptors (Lipinski definition) is 2. The summed E-state index contributed by atoms with van der Waals surface area (Å²) in [5, 5.41) is 3.02. The van der Waals surface area contributed by atoms with Crippen LogP contribution in [0.15, 0.2) is 5.38 Å². The summed E-state index contributed by atoms with van der Waals surface area (Å²) in [6.07, 6.45) is 5.20. The van der Waals surface area contributed by atoms with Crippen LogP contribution in [0.4, 0.5) is 0 Å². The van der Waals surface area contributed by atoms with Gasteiger partial charge >= 0.3 is 0 Å². The highest BCUT2D eigenvalue weighted by Gasteiger charge is 2.17. The summed E-state index contributed by atoms with van der Waals surface area (Å²) in [5.41, 5.74) is 0.875. The Balaban J connectivity index is 3.01. The van der Waals surface area contributed by atoms with Crippen molar-refractivity contribution in [3.8, 4) is 12.3 Å². The molecule has 0 saturated carbocycles. The maximum atomic E-state index is 5.20. The van der Waals surface area contributed by atoms with Crippen molar-refractivity contribution in [1.29, 1.82) is 0 Å². The molecule has 0 aliphatic carbocycles. The number of thiazole rings is 1. The fourth-order valence-corrected chi connectivity index (χ4v) is 1.53. The molecule has 0 amide bonds. The van der Waals surface area contributed by atoms with Gasteiger partial charge in [0.05, 0.1) is 5.01 Å². The van der Waals surface area contributed by atoms with Crippen LogP contribution in [-0.2, 0) is 5.41 Å². The van der Waals surface area contributed by atoms with Crippen LogP contribution in [0, 0.1) is 12.3 Å². The second-order valence-electron chi connectivity index (χ2n) is 3.43. The van der Waals surface area contributed by atoms with E-state index in [1.807, 2.05) is 5.38 Å². The van der Waals surface area contributed by atoms with Crippen molar-refractivity contribution in [3.63, 3.8) is 0 Å². The topological polar surface area (TPSA) is 12.9 Å². The Morgan fingerprint density at radius 3 is 2.45 bits per heavy atom. The average molecular weight is 165 g/mol. The molecule has 0 aliphatic rings. The Morgan fingerprint density at radius 1 is 1.55 bits per heavy atom. The lowest BCUT2D eigenvalue weighted by molar-refractivity contribution is 0.585. The molecule has 2 heteroatoms. The van der Waals surface area contributed by atoms with Crippen LogP contribution in [0.5, 0.6) is 0 Å². The van der Waals surface area contributed by atoms with Gasteiger partial charge in [-0.1, -0.05) is 20.8 Å². The van der Waals surface area contributed by atoms with Crippen LogP contribution < -0.4 is 0 Å². The normalized spacial score (nSPS) is 11.1. The van der Waals surface area contributed by atoms with Gasteiger partial charge in [0.15, 0.2) is 0 Å². The van der Waals surface area contributed by atoms with Crippen molar-refractivity contribution in [1.82, 2.24) is 4.98 Å². The van der Waals surface area contributed by atoms with Gasteiger partial charge in [-0.05, 0) is 5.92 Å². The SMILES string of the molecule is C#Cc1csc(C(C)(C)C)n1. The largest absolute Gasteiger partial charge is 0.232 e. The zero-order valence-corrected chi connectivity index (χ0v) is 7.83. The summed E-state index contributed by atoms with van der Waals surface area (Å²) in [6, 6.07) is 0. The molecule has 0 radical (unpaired) electrons. The van der Waals surface area contributed by atoms with E-state index in [9.17, 15) is 0 Å². The van der Waals surface area contributed by atoms with Crippen molar-refractivity contribution < 1.29 is 0 Å². The highest BCUT2D eigenvalue weighted by atomic mass is 32.1. The molecule has 0 saturated heterocycles. The highest BCUT2D eigenvalue weighted by Crippen LogP contribution is 2.24. The first-order chi connectivity index (χ1) is 5.04. The molecule has 0 bridgehead atoms. The van der Waals surface area contributed by atoms with Crippen molar-refractivity contribution in [2.45, 2.75) is 26.2 Å². The number of rotatable bonds is 0. The third kappa shape index (κ3) is 1.81. The minimum Gasteiger partial charge on any atom is -0.232 e. The second kappa shape index (κ2) is 2.67. The zero-order chi connectivity index (χ0) is 8.48. The van der Waals surface area contributed by atoms with Gasteiger partial charge in [-0.25, -0.2) is 4.98 Å². The van der Waals surface area contributed by atoms with E-state index in [4.69, 9.17) is 6.42 Å². The van der Waals surface area contributed by atoms with Crippen molar-refractivity contribution >= 4 is 11.3 Å². The first-order valence-electron chi connectivity index (χ1n) is 3.46. The number of nitrogens with zero attached hydrogens (tertiary/aromatic N) is 1. The second-order valence-corrected chi connectivity index (χ2v) is 4.29. The van der Waals surface area contributed by atoms with Gasteiger partial charge in [-0.15, -0.1) is 17.8 Å². The van der Waals surface area contributed by atoms with Gasteiger partial charge in [-0.3, -0.25) is 0 Å². The molecular formula is C9H11NS. The molecule has 0 atom stereocenters. The standard InChI is InChI=1S/C9H11NS/c1-5-7-6-11-8(10-7)9(2,3)4/h1,6H,2-4H3. The smallest absolute Gasteiger partial charge is 0.124 e. The summed E-state index contributed by atoms with van der Waals surface area (Å²) in [6.45, 7) is 6.39. The van der Waals surface area contributed by atoms with Crippen LogP contribution in [0.3, 0.4) is 0 Å². The molecular weight excluding hydrogens is 154 g/mol. The van der Waals surface area contributed by atoms with E-state index < -0.39 is 0 Å². The van der Waals surface area contributed by atoms with E-state index in [1.54, 1.807) is 11.3 Å². The minimum atomic E-state index is 0.125. The van der Waals surface area contributed by atoms with Crippen LogP contribution >= 0.6 is 11.3 Å². The summed E-state index contributed by atoms with van der Waals surface area (Å²) in [7, 11) is 0. The minimum absolute atomic E-state index is 0.125. The monoisotopic (exact) mass is 165 g/mol. The number of aromatic nitrogens is 1. The third-order valence-electron chi connectivity index (χ3n) is 1.29. The Bertz CT molecular complexity index is 285. The Labute approximate surface area is 71.5 Å². The van der Waals surface area contributed by atoms with Gasteiger partial charge in [0.1, 0.15) is 5.69 Å². The lowest BCUT2D eigenvalue weighted by atomic mass is 9.98. The Kier molecular flexibility index (Phi) is 2.01. The number of terminal acetylenes is 1. The van der Waals surface area contributed by atoms with Gasteiger partial charge in [0.25, 0.3) is 0 Å². The fourth-order valence-electron chi connectivity index (χ4n) is 0.685. The highest BCUT2D eigenvalue weighted by molar-refractivity contribution is 7.09. The van der Waals surface area contributed by atoms with Crippen molar-refractivity contribution in [3.05, 3.63) is 16.1 Å². The van der Waals surface area contributed by atoms with E-state index in [0.29, 0.717) is 0 Å². The predicted octanol–water partition coefficient (Wildman–Crippen LogP) is 2.42. The summed E-state index contributed by atoms with van der Waals surface area (Å²) in [4.78, 5) is 4.28. The zero-order valence-electron chi connectivity index (χ0n) is 7.01.